The molecule has 0 fully saturated rings. The predicted octanol–water partition coefficient (Wildman–Crippen LogP) is 5.46. The molecule has 0 heterocycles. The van der Waals surface area contributed by atoms with Crippen LogP contribution in [0.2, 0.25) is 0 Å². The van der Waals surface area contributed by atoms with E-state index in [1.54, 1.807) is 0 Å². The van der Waals surface area contributed by atoms with Crippen molar-refractivity contribution in [3.8, 4) is 0 Å². The van der Waals surface area contributed by atoms with Crippen LogP contribution in [-0.2, 0) is 24.7 Å². The summed E-state index contributed by atoms with van der Waals surface area (Å²) in [4.78, 5) is 10.7. The lowest BCUT2D eigenvalue weighted by Gasteiger charge is -2.25. The van der Waals surface area contributed by atoms with Crippen LogP contribution in [0.5, 0.6) is 0 Å². The summed E-state index contributed by atoms with van der Waals surface area (Å²) in [5, 5.41) is 8.51. The molecule has 1 aromatic carbocycles. The molecule has 0 bridgehead atoms. The molecule has 2 nitrogen and oxygen atoms in total. The Morgan fingerprint density at radius 1 is 0.640 bits per heavy atom. The van der Waals surface area contributed by atoms with Crippen molar-refractivity contribution in [1.82, 2.24) is 0 Å². The third-order valence-corrected chi connectivity index (χ3v) is 2.72. The van der Waals surface area contributed by atoms with Gasteiger partial charge in [-0.1, -0.05) is 0 Å². The second kappa shape index (κ2) is 5.69. The fraction of sp³-hybridized carbons (Fsp3) is 0.364. The van der Waals surface area contributed by atoms with Gasteiger partial charge in [0.15, 0.2) is 0 Å². The highest BCUT2D eigenvalue weighted by atomic mass is 19.4. The summed E-state index contributed by atoms with van der Waals surface area (Å²) in [5.74, 6) is -3.13. The van der Waals surface area contributed by atoms with Crippen LogP contribution in [0.4, 0.5) is 52.7 Å². The van der Waals surface area contributed by atoms with Crippen LogP contribution in [-0.4, -0.2) is 11.1 Å². The van der Waals surface area contributed by atoms with Crippen LogP contribution in [0.15, 0.2) is 6.07 Å². The van der Waals surface area contributed by atoms with Gasteiger partial charge in [0.1, 0.15) is 0 Å². The zero-order valence-corrected chi connectivity index (χ0v) is 11.0. The summed E-state index contributed by atoms with van der Waals surface area (Å²) < 4.78 is 153. The average molecular weight is 394 g/mol. The van der Waals surface area contributed by atoms with Crippen molar-refractivity contribution in [2.45, 2.75) is 24.7 Å². The average Bonchev–Trinajstić information content (AvgIpc) is 2.31. The number of carboxylic acid groups (broad SMARTS) is 1. The summed E-state index contributed by atoms with van der Waals surface area (Å²) in [6.07, 6.45) is -25.3. The maximum Gasteiger partial charge on any atom is 0.417 e. The van der Waals surface area contributed by atoms with Crippen molar-refractivity contribution in [1.29, 1.82) is 0 Å². The summed E-state index contributed by atoms with van der Waals surface area (Å²) in [7, 11) is 0. The number of carboxylic acids is 1. The number of halogens is 12. The van der Waals surface area contributed by atoms with Crippen LogP contribution in [0.25, 0.3) is 0 Å². The van der Waals surface area contributed by atoms with Gasteiger partial charge in [0.2, 0.25) is 0 Å². The van der Waals surface area contributed by atoms with Gasteiger partial charge in [-0.3, -0.25) is 0 Å². The molecule has 0 atom stereocenters. The fourth-order valence-electron chi connectivity index (χ4n) is 1.93. The zero-order valence-electron chi connectivity index (χ0n) is 11.0. The maximum atomic E-state index is 12.8. The van der Waals surface area contributed by atoms with Crippen molar-refractivity contribution in [2.24, 2.45) is 0 Å². The van der Waals surface area contributed by atoms with Crippen LogP contribution >= 0.6 is 0 Å². The van der Waals surface area contributed by atoms with Crippen LogP contribution in [0.3, 0.4) is 0 Å². The predicted molar refractivity (Wildman–Crippen MR) is 53.4 cm³/mol. The van der Waals surface area contributed by atoms with Gasteiger partial charge in [-0.25, -0.2) is 4.79 Å². The minimum absolute atomic E-state index is 1.30. The first-order valence-electron chi connectivity index (χ1n) is 5.52. The van der Waals surface area contributed by atoms with E-state index in [9.17, 15) is 57.5 Å². The third kappa shape index (κ3) is 4.10. The van der Waals surface area contributed by atoms with E-state index in [0.29, 0.717) is 0 Å². The van der Waals surface area contributed by atoms with Crippen molar-refractivity contribution >= 4 is 5.97 Å². The van der Waals surface area contributed by atoms with E-state index in [2.05, 4.69) is 0 Å². The standard InChI is InChI=1S/C11H2F12O2/c12-8(13,14)2-1-3(9(15,16)17)5(10(18,19)20)6(11(21,22)23)4(2)7(24)25/h1H,(H,24,25). The molecule has 0 saturated heterocycles. The van der Waals surface area contributed by atoms with Gasteiger partial charge in [0.25, 0.3) is 0 Å². The van der Waals surface area contributed by atoms with Gasteiger partial charge in [-0.2, -0.15) is 52.7 Å². The highest BCUT2D eigenvalue weighted by Crippen LogP contribution is 2.51. The van der Waals surface area contributed by atoms with Crippen molar-refractivity contribution in [3.63, 3.8) is 0 Å². The molecule has 0 unspecified atom stereocenters. The number of aromatic carboxylic acids is 1. The minimum atomic E-state index is -6.47. The summed E-state index contributed by atoms with van der Waals surface area (Å²) >= 11 is 0. The number of benzene rings is 1. The second-order valence-corrected chi connectivity index (χ2v) is 4.39. The summed E-state index contributed by atoms with van der Waals surface area (Å²) in [6.45, 7) is 0. The van der Waals surface area contributed by atoms with Gasteiger partial charge >= 0.3 is 30.7 Å². The molecule has 0 aromatic heterocycles. The summed E-state index contributed by atoms with van der Waals surface area (Å²) in [5.41, 5.74) is -16.4. The Kier molecular flexibility index (Phi) is 4.76. The summed E-state index contributed by atoms with van der Waals surface area (Å²) in [6, 6.07) is -1.30. The van der Waals surface area contributed by atoms with Crippen LogP contribution in [0, 0.1) is 0 Å². The third-order valence-electron chi connectivity index (χ3n) is 2.72. The Hall–Kier alpha value is -2.15. The molecule has 0 spiro atoms. The van der Waals surface area contributed by atoms with E-state index in [1.807, 2.05) is 0 Å². The van der Waals surface area contributed by atoms with E-state index in [-0.39, 0.29) is 0 Å². The molecule has 1 aromatic rings. The number of rotatable bonds is 1. The first-order valence-corrected chi connectivity index (χ1v) is 5.52. The van der Waals surface area contributed by atoms with Gasteiger partial charge < -0.3 is 5.11 Å². The lowest BCUT2D eigenvalue weighted by molar-refractivity contribution is -0.176. The Labute approximate surface area is 128 Å². The molecular formula is C11H2F12O2. The molecule has 0 saturated carbocycles. The second-order valence-electron chi connectivity index (χ2n) is 4.39. The molecule has 142 valence electrons. The molecule has 1 rings (SSSR count). The molecular weight excluding hydrogens is 392 g/mol. The SMILES string of the molecule is O=C(O)c1c(C(F)(F)F)cc(C(F)(F)F)c(C(F)(F)F)c1C(F)(F)F. The first-order chi connectivity index (χ1) is 10.8. The van der Waals surface area contributed by atoms with Crippen molar-refractivity contribution in [2.75, 3.05) is 0 Å². The lowest BCUT2D eigenvalue weighted by atomic mass is 9.89. The molecule has 25 heavy (non-hydrogen) atoms. The smallest absolute Gasteiger partial charge is 0.417 e. The fourth-order valence-corrected chi connectivity index (χ4v) is 1.93. The van der Waals surface area contributed by atoms with E-state index in [1.165, 1.54) is 0 Å². The molecule has 0 aliphatic heterocycles. The molecule has 0 amide bonds. The number of alkyl halides is 12. The molecule has 14 heteroatoms. The molecule has 0 aliphatic rings. The molecule has 0 aliphatic carbocycles. The topological polar surface area (TPSA) is 37.3 Å². The van der Waals surface area contributed by atoms with Gasteiger partial charge in [0, 0.05) is 0 Å². The molecule has 1 N–H and O–H groups in total. The normalized spacial score (nSPS) is 13.9. The van der Waals surface area contributed by atoms with Crippen LogP contribution < -0.4 is 0 Å². The zero-order chi connectivity index (χ0) is 20.2. The number of hydrogen-bond donors (Lipinski definition) is 1. The van der Waals surface area contributed by atoms with Gasteiger partial charge in [0.05, 0.1) is 27.8 Å². The highest BCUT2D eigenvalue weighted by molar-refractivity contribution is 5.92. The highest BCUT2D eigenvalue weighted by Gasteiger charge is 2.55. The Bertz CT molecular complexity index is 689. The number of hydrogen-bond acceptors (Lipinski definition) is 1. The Balaban J connectivity index is 4.35. The first kappa shape index (κ1) is 20.9. The quantitative estimate of drug-likeness (QED) is 0.643. The van der Waals surface area contributed by atoms with Gasteiger partial charge in [-0.15, -0.1) is 0 Å². The van der Waals surface area contributed by atoms with Crippen molar-refractivity contribution < 1.29 is 62.6 Å². The largest absolute Gasteiger partial charge is 0.478 e. The molecule has 0 radical (unpaired) electrons. The monoisotopic (exact) mass is 394 g/mol. The van der Waals surface area contributed by atoms with E-state index in [4.69, 9.17) is 5.11 Å². The number of carbonyl (C=O) groups is 1. The lowest BCUT2D eigenvalue weighted by Crippen LogP contribution is -2.29. The van der Waals surface area contributed by atoms with Gasteiger partial charge in [-0.05, 0) is 6.07 Å². The van der Waals surface area contributed by atoms with E-state index >= 15 is 0 Å². The Morgan fingerprint density at radius 3 is 1.24 bits per heavy atom. The van der Waals surface area contributed by atoms with E-state index in [0.717, 1.165) is 0 Å². The maximum absolute atomic E-state index is 12.8. The van der Waals surface area contributed by atoms with Crippen LogP contribution in [0.1, 0.15) is 32.6 Å². The van der Waals surface area contributed by atoms with E-state index < -0.39 is 64.6 Å². The Morgan fingerprint density at radius 2 is 1.00 bits per heavy atom. The van der Waals surface area contributed by atoms with Crippen molar-refractivity contribution in [3.05, 3.63) is 33.9 Å². The minimum Gasteiger partial charge on any atom is -0.478 e.